The molecule has 180 valence electrons. The highest BCUT2D eigenvalue weighted by atomic mass is 16.5. The third-order valence-electron chi connectivity index (χ3n) is 5.66. The van der Waals surface area contributed by atoms with Gasteiger partial charge in [0.25, 0.3) is 5.78 Å². The smallest absolute Gasteiger partial charge is 0.301 e. The number of rotatable bonds is 8. The zero-order valence-electron chi connectivity index (χ0n) is 19.7. The zero-order valence-corrected chi connectivity index (χ0v) is 19.7. The Morgan fingerprint density at radius 3 is 2.37 bits per heavy atom. The topological polar surface area (TPSA) is 98.2 Å². The molecule has 8 nitrogen and oxygen atoms in total. The second-order valence-corrected chi connectivity index (χ2v) is 7.84. The Balaban J connectivity index is 1.87. The molecule has 2 aromatic carbocycles. The van der Waals surface area contributed by atoms with Gasteiger partial charge in [0.1, 0.15) is 17.3 Å². The molecule has 0 radical (unpaired) electrons. The highest BCUT2D eigenvalue weighted by molar-refractivity contribution is 6.51. The number of pyridine rings is 1. The van der Waals surface area contributed by atoms with Gasteiger partial charge < -0.3 is 19.3 Å². The van der Waals surface area contributed by atoms with Gasteiger partial charge in [-0.05, 0) is 60.5 Å². The Morgan fingerprint density at radius 2 is 1.74 bits per heavy atom. The lowest BCUT2D eigenvalue weighted by Crippen LogP contribution is -2.30. The van der Waals surface area contributed by atoms with Gasteiger partial charge in [0.2, 0.25) is 0 Å². The molecule has 8 heteroatoms. The first-order valence-corrected chi connectivity index (χ1v) is 11.2. The van der Waals surface area contributed by atoms with E-state index in [4.69, 9.17) is 14.2 Å². The number of anilines is 1. The number of aliphatic hydroxyl groups excluding tert-OH is 1. The lowest BCUT2D eigenvalue weighted by atomic mass is 9.95. The van der Waals surface area contributed by atoms with Crippen molar-refractivity contribution >= 4 is 23.3 Å². The van der Waals surface area contributed by atoms with Crippen LogP contribution in [-0.4, -0.2) is 42.6 Å². The average molecular weight is 475 g/mol. The van der Waals surface area contributed by atoms with Crippen molar-refractivity contribution in [3.05, 3.63) is 83.6 Å². The zero-order chi connectivity index (χ0) is 24.9. The standard InChI is InChI=1S/C27H26N2O6/c1-4-15-35-19-11-8-17(9-12-19)25(30)23-24(18-10-13-20(33-2)21(16-18)34-3)29(27(32)26(23)31)22-7-5-6-14-28-22/h5-14,16,24,30H,4,15H2,1-3H3/b25-23+. The highest BCUT2D eigenvalue weighted by Crippen LogP contribution is 2.43. The van der Waals surface area contributed by atoms with Crippen LogP contribution in [0.25, 0.3) is 5.76 Å². The van der Waals surface area contributed by atoms with Crippen LogP contribution in [0.4, 0.5) is 5.82 Å². The molecule has 1 fully saturated rings. The van der Waals surface area contributed by atoms with Crippen LogP contribution in [0, 0.1) is 0 Å². The molecule has 4 rings (SSSR count). The first kappa shape index (κ1) is 23.8. The van der Waals surface area contributed by atoms with Crippen molar-refractivity contribution in [3.8, 4) is 17.2 Å². The Hall–Kier alpha value is -4.33. The number of hydrogen-bond donors (Lipinski definition) is 1. The molecule has 0 saturated carbocycles. The number of amides is 1. The molecule has 35 heavy (non-hydrogen) atoms. The summed E-state index contributed by atoms with van der Waals surface area (Å²) in [6.45, 7) is 2.58. The minimum absolute atomic E-state index is 0.0462. The molecule has 1 saturated heterocycles. The van der Waals surface area contributed by atoms with E-state index in [9.17, 15) is 14.7 Å². The van der Waals surface area contributed by atoms with Crippen molar-refractivity contribution < 1.29 is 28.9 Å². The lowest BCUT2D eigenvalue weighted by molar-refractivity contribution is -0.132. The number of benzene rings is 2. The van der Waals surface area contributed by atoms with Gasteiger partial charge in [-0.25, -0.2) is 4.98 Å². The Kier molecular flexibility index (Phi) is 7.01. The summed E-state index contributed by atoms with van der Waals surface area (Å²) in [7, 11) is 3.02. The van der Waals surface area contributed by atoms with Crippen LogP contribution in [0.2, 0.25) is 0 Å². The molecule has 2 heterocycles. The average Bonchev–Trinajstić information content (AvgIpc) is 3.17. The molecule has 1 N–H and O–H groups in total. The van der Waals surface area contributed by atoms with Gasteiger partial charge in [-0.3, -0.25) is 14.5 Å². The molecule has 0 bridgehead atoms. The Morgan fingerprint density at radius 1 is 1.00 bits per heavy atom. The summed E-state index contributed by atoms with van der Waals surface area (Å²) >= 11 is 0. The number of carbonyl (C=O) groups excluding carboxylic acids is 2. The van der Waals surface area contributed by atoms with Crippen molar-refractivity contribution in [2.75, 3.05) is 25.7 Å². The van der Waals surface area contributed by atoms with E-state index in [0.717, 1.165) is 6.42 Å². The van der Waals surface area contributed by atoms with E-state index in [2.05, 4.69) is 4.98 Å². The number of hydrogen-bond acceptors (Lipinski definition) is 7. The van der Waals surface area contributed by atoms with Crippen molar-refractivity contribution in [2.24, 2.45) is 0 Å². The van der Waals surface area contributed by atoms with E-state index >= 15 is 0 Å². The number of Topliss-reactive ketones (excluding diaryl/α,β-unsaturated/α-hetero) is 1. The molecule has 1 aliphatic rings. The van der Waals surface area contributed by atoms with Gasteiger partial charge in [-0.15, -0.1) is 0 Å². The molecular weight excluding hydrogens is 448 g/mol. The van der Waals surface area contributed by atoms with E-state index in [0.29, 0.717) is 35.0 Å². The van der Waals surface area contributed by atoms with Crippen molar-refractivity contribution in [1.29, 1.82) is 0 Å². The molecule has 1 atom stereocenters. The van der Waals surface area contributed by atoms with E-state index in [1.54, 1.807) is 60.7 Å². The third kappa shape index (κ3) is 4.55. The SMILES string of the molecule is CCCOc1ccc(/C(O)=C2\C(=O)C(=O)N(c3ccccn3)C2c2ccc(OC)c(OC)c2)cc1. The van der Waals surface area contributed by atoms with Crippen molar-refractivity contribution in [3.63, 3.8) is 0 Å². The predicted octanol–water partition coefficient (Wildman–Crippen LogP) is 4.51. The van der Waals surface area contributed by atoms with E-state index in [1.807, 2.05) is 6.92 Å². The molecule has 3 aromatic rings. The fourth-order valence-electron chi connectivity index (χ4n) is 3.99. The summed E-state index contributed by atoms with van der Waals surface area (Å²) in [5.41, 5.74) is 0.894. The lowest BCUT2D eigenvalue weighted by Gasteiger charge is -2.25. The summed E-state index contributed by atoms with van der Waals surface area (Å²) in [6, 6.07) is 16.0. The van der Waals surface area contributed by atoms with Crippen LogP contribution in [0.5, 0.6) is 17.2 Å². The first-order valence-electron chi connectivity index (χ1n) is 11.2. The normalized spacial score (nSPS) is 16.9. The fourth-order valence-corrected chi connectivity index (χ4v) is 3.99. The number of carbonyl (C=O) groups is 2. The number of aliphatic hydroxyl groups is 1. The maximum absolute atomic E-state index is 13.3. The molecule has 1 unspecified atom stereocenters. The molecule has 0 spiro atoms. The van der Waals surface area contributed by atoms with Crippen LogP contribution >= 0.6 is 0 Å². The van der Waals surface area contributed by atoms with Crippen LogP contribution in [0.1, 0.15) is 30.5 Å². The van der Waals surface area contributed by atoms with E-state index in [1.165, 1.54) is 25.3 Å². The number of methoxy groups -OCH3 is 2. The van der Waals surface area contributed by atoms with Gasteiger partial charge in [0, 0.05) is 11.8 Å². The van der Waals surface area contributed by atoms with Gasteiger partial charge >= 0.3 is 5.91 Å². The van der Waals surface area contributed by atoms with Crippen LogP contribution in [0.15, 0.2) is 72.4 Å². The second-order valence-electron chi connectivity index (χ2n) is 7.84. The van der Waals surface area contributed by atoms with Crippen molar-refractivity contribution in [1.82, 2.24) is 4.98 Å². The maximum Gasteiger partial charge on any atom is 0.301 e. The molecular formula is C27H26N2O6. The number of nitrogens with zero attached hydrogens (tertiary/aromatic N) is 2. The minimum atomic E-state index is -0.930. The minimum Gasteiger partial charge on any atom is -0.507 e. The maximum atomic E-state index is 13.3. The Labute approximate surface area is 203 Å². The monoisotopic (exact) mass is 474 g/mol. The highest BCUT2D eigenvalue weighted by Gasteiger charge is 2.47. The van der Waals surface area contributed by atoms with Crippen LogP contribution < -0.4 is 19.1 Å². The quantitative estimate of drug-likeness (QED) is 0.291. The molecule has 1 amide bonds. The van der Waals surface area contributed by atoms with E-state index < -0.39 is 17.7 Å². The molecule has 1 aliphatic heterocycles. The molecule has 0 aliphatic carbocycles. The summed E-state index contributed by atoms with van der Waals surface area (Å²) in [4.78, 5) is 32.0. The van der Waals surface area contributed by atoms with Gasteiger partial charge in [0.15, 0.2) is 11.5 Å². The van der Waals surface area contributed by atoms with Crippen molar-refractivity contribution in [2.45, 2.75) is 19.4 Å². The Bertz CT molecular complexity index is 1250. The number of ketones is 1. The third-order valence-corrected chi connectivity index (χ3v) is 5.66. The van der Waals surface area contributed by atoms with Crippen LogP contribution in [-0.2, 0) is 9.59 Å². The largest absolute Gasteiger partial charge is 0.507 e. The fraction of sp³-hybridized carbons (Fsp3) is 0.222. The summed E-state index contributed by atoms with van der Waals surface area (Å²) in [5, 5.41) is 11.3. The van der Waals surface area contributed by atoms with Crippen LogP contribution in [0.3, 0.4) is 0 Å². The second kappa shape index (κ2) is 10.3. The van der Waals surface area contributed by atoms with E-state index in [-0.39, 0.29) is 17.2 Å². The first-order chi connectivity index (χ1) is 17.0. The van der Waals surface area contributed by atoms with Gasteiger partial charge in [0.05, 0.1) is 32.4 Å². The van der Waals surface area contributed by atoms with Gasteiger partial charge in [-0.2, -0.15) is 0 Å². The summed E-state index contributed by atoms with van der Waals surface area (Å²) in [5.74, 6) is -0.0240. The number of aromatic nitrogens is 1. The molecule has 1 aromatic heterocycles. The van der Waals surface area contributed by atoms with Gasteiger partial charge in [-0.1, -0.05) is 19.1 Å². The summed E-state index contributed by atoms with van der Waals surface area (Å²) < 4.78 is 16.4. The predicted molar refractivity (Wildman–Crippen MR) is 131 cm³/mol. The number of ether oxygens (including phenoxy) is 3. The summed E-state index contributed by atoms with van der Waals surface area (Å²) in [6.07, 6.45) is 2.40.